The van der Waals surface area contributed by atoms with E-state index in [0.29, 0.717) is 11.5 Å². The Balaban J connectivity index is 1.36. The summed E-state index contributed by atoms with van der Waals surface area (Å²) in [6.07, 6.45) is 1.80. The summed E-state index contributed by atoms with van der Waals surface area (Å²) >= 11 is 0. The van der Waals surface area contributed by atoms with Crippen LogP contribution in [0.15, 0.2) is 162 Å². The van der Waals surface area contributed by atoms with E-state index in [0.717, 1.165) is 55.8 Å². The van der Waals surface area contributed by atoms with Crippen LogP contribution in [0.4, 0.5) is 17.1 Å². The van der Waals surface area contributed by atoms with E-state index in [1.807, 2.05) is 24.3 Å². The molecule has 0 aliphatic rings. The molecular weight excluding hydrogens is 552 g/mol. The average Bonchev–Trinajstić information content (AvgIpc) is 3.70. The Bertz CT molecular complexity index is 2400. The summed E-state index contributed by atoms with van der Waals surface area (Å²) in [4.78, 5) is 11.9. The van der Waals surface area contributed by atoms with Gasteiger partial charge in [-0.1, -0.05) is 78.9 Å². The number of benzene rings is 6. The Morgan fingerprint density at radius 2 is 1.20 bits per heavy atom. The van der Waals surface area contributed by atoms with Crippen molar-refractivity contribution in [3.05, 3.63) is 158 Å². The Kier molecular flexibility index (Phi) is 5.74. The predicted molar refractivity (Wildman–Crippen MR) is 184 cm³/mol. The van der Waals surface area contributed by atoms with Gasteiger partial charge in [0.05, 0.1) is 27.9 Å². The lowest BCUT2D eigenvalue weighted by Gasteiger charge is -2.28. The molecule has 45 heavy (non-hydrogen) atoms. The van der Waals surface area contributed by atoms with Crippen molar-refractivity contribution in [3.8, 4) is 17.1 Å². The molecule has 0 spiro atoms. The van der Waals surface area contributed by atoms with Crippen LogP contribution in [-0.2, 0) is 0 Å². The fourth-order valence-electron chi connectivity index (χ4n) is 6.44. The zero-order valence-electron chi connectivity index (χ0n) is 24.2. The summed E-state index contributed by atoms with van der Waals surface area (Å²) in [5.41, 5.74) is 9.65. The molecule has 3 heterocycles. The molecule has 0 atom stereocenters. The largest absolute Gasteiger partial charge is 0.436 e. The number of hydrogen-bond donors (Lipinski definition) is 0. The molecule has 9 aromatic rings. The van der Waals surface area contributed by atoms with Crippen molar-refractivity contribution in [2.75, 3.05) is 4.90 Å². The first-order valence-corrected chi connectivity index (χ1v) is 15.0. The van der Waals surface area contributed by atoms with Crippen LogP contribution in [0, 0.1) is 0 Å². The van der Waals surface area contributed by atoms with Crippen LogP contribution in [-0.4, -0.2) is 14.5 Å². The number of fused-ring (bicyclic) bond motifs is 6. The van der Waals surface area contributed by atoms with Crippen molar-refractivity contribution in [2.45, 2.75) is 0 Å². The summed E-state index contributed by atoms with van der Waals surface area (Å²) in [5.74, 6) is 0.558. The standard InChI is InChI=1S/C40H26N4O/c1-3-13-29(14-4-1)43(30-15-5-2-6-16-30)35-23-21-28(40-42-39-37(45-40)24-22-27-12-11-25-41-38(27)39)26-36(35)44-33-19-9-7-17-31(33)32-18-8-10-20-34(32)44/h1-26H. The number of para-hydroxylation sites is 4. The lowest BCUT2D eigenvalue weighted by atomic mass is 10.1. The van der Waals surface area contributed by atoms with Crippen LogP contribution >= 0.6 is 0 Å². The summed E-state index contributed by atoms with van der Waals surface area (Å²) in [7, 11) is 0. The summed E-state index contributed by atoms with van der Waals surface area (Å²) in [6.45, 7) is 0. The van der Waals surface area contributed by atoms with Crippen molar-refractivity contribution in [1.29, 1.82) is 0 Å². The maximum absolute atomic E-state index is 6.41. The first-order chi connectivity index (χ1) is 22.3. The monoisotopic (exact) mass is 578 g/mol. The fourth-order valence-corrected chi connectivity index (χ4v) is 6.44. The third kappa shape index (κ3) is 4.09. The molecule has 0 N–H and O–H groups in total. The van der Waals surface area contributed by atoms with Crippen LogP contribution < -0.4 is 4.90 Å². The fraction of sp³-hybridized carbons (Fsp3) is 0. The zero-order chi connectivity index (χ0) is 29.7. The highest BCUT2D eigenvalue weighted by Crippen LogP contribution is 2.43. The molecule has 212 valence electrons. The lowest BCUT2D eigenvalue weighted by molar-refractivity contribution is 0.620. The van der Waals surface area contributed by atoms with Crippen molar-refractivity contribution in [2.24, 2.45) is 0 Å². The number of oxazole rings is 1. The molecule has 9 rings (SSSR count). The second-order valence-electron chi connectivity index (χ2n) is 11.1. The number of anilines is 3. The molecule has 0 saturated heterocycles. The van der Waals surface area contributed by atoms with Crippen molar-refractivity contribution in [1.82, 2.24) is 14.5 Å². The third-order valence-electron chi connectivity index (χ3n) is 8.44. The average molecular weight is 579 g/mol. The quantitative estimate of drug-likeness (QED) is 0.204. The maximum atomic E-state index is 6.41. The highest BCUT2D eigenvalue weighted by atomic mass is 16.3. The smallest absolute Gasteiger partial charge is 0.227 e. The van der Waals surface area contributed by atoms with Crippen LogP contribution in [0.2, 0.25) is 0 Å². The van der Waals surface area contributed by atoms with Gasteiger partial charge in [-0.3, -0.25) is 4.98 Å². The topological polar surface area (TPSA) is 47.1 Å². The summed E-state index contributed by atoms with van der Waals surface area (Å²) < 4.78 is 8.77. The first-order valence-electron chi connectivity index (χ1n) is 15.0. The first kappa shape index (κ1) is 25.3. The number of aromatic nitrogens is 3. The number of pyridine rings is 1. The minimum atomic E-state index is 0.558. The molecule has 0 radical (unpaired) electrons. The Morgan fingerprint density at radius 3 is 1.89 bits per heavy atom. The maximum Gasteiger partial charge on any atom is 0.227 e. The van der Waals surface area contributed by atoms with Crippen molar-refractivity contribution >= 4 is 60.9 Å². The molecule has 0 amide bonds. The lowest BCUT2D eigenvalue weighted by Crippen LogP contribution is -2.13. The van der Waals surface area contributed by atoms with Gasteiger partial charge in [-0.25, -0.2) is 4.98 Å². The van der Waals surface area contributed by atoms with Gasteiger partial charge in [-0.05, 0) is 72.8 Å². The molecule has 0 fully saturated rings. The SMILES string of the molecule is c1ccc(N(c2ccccc2)c2ccc(-c3nc4c(ccc5cccnc54)o3)cc2-n2c3ccccc3c3ccccc32)cc1. The minimum absolute atomic E-state index is 0.558. The predicted octanol–water partition coefficient (Wildman–Crippen LogP) is 10.6. The van der Waals surface area contributed by atoms with Crippen LogP contribution in [0.3, 0.4) is 0 Å². The highest BCUT2D eigenvalue weighted by molar-refractivity contribution is 6.10. The van der Waals surface area contributed by atoms with Crippen molar-refractivity contribution in [3.63, 3.8) is 0 Å². The Morgan fingerprint density at radius 1 is 0.556 bits per heavy atom. The van der Waals surface area contributed by atoms with Crippen LogP contribution in [0.5, 0.6) is 0 Å². The molecular formula is C40H26N4O. The molecule has 5 nitrogen and oxygen atoms in total. The summed E-state index contributed by atoms with van der Waals surface area (Å²) in [6, 6.07) is 52.7. The van der Waals surface area contributed by atoms with E-state index < -0.39 is 0 Å². The van der Waals surface area contributed by atoms with Gasteiger partial charge in [0.1, 0.15) is 5.52 Å². The molecule has 5 heteroatoms. The number of rotatable bonds is 5. The van der Waals surface area contributed by atoms with Gasteiger partial charge in [0.25, 0.3) is 0 Å². The van der Waals surface area contributed by atoms with Crippen LogP contribution in [0.25, 0.3) is 61.0 Å². The Hall–Kier alpha value is -6.20. The van der Waals surface area contributed by atoms with Gasteiger partial charge >= 0.3 is 0 Å². The zero-order valence-corrected chi connectivity index (χ0v) is 24.2. The van der Waals surface area contributed by atoms with E-state index in [-0.39, 0.29) is 0 Å². The molecule has 0 aliphatic heterocycles. The van der Waals surface area contributed by atoms with E-state index in [1.165, 1.54) is 10.8 Å². The van der Waals surface area contributed by atoms with Gasteiger partial charge in [-0.2, -0.15) is 0 Å². The number of hydrogen-bond acceptors (Lipinski definition) is 4. The van der Waals surface area contributed by atoms with E-state index in [1.54, 1.807) is 6.20 Å². The number of nitrogens with zero attached hydrogens (tertiary/aromatic N) is 4. The molecule has 3 aromatic heterocycles. The van der Waals surface area contributed by atoms with E-state index in [2.05, 4.69) is 142 Å². The van der Waals surface area contributed by atoms with Crippen molar-refractivity contribution < 1.29 is 4.42 Å². The van der Waals surface area contributed by atoms with Gasteiger partial charge in [-0.15, -0.1) is 0 Å². The molecule has 6 aromatic carbocycles. The molecule has 0 bridgehead atoms. The minimum Gasteiger partial charge on any atom is -0.436 e. The Labute approximate surface area is 259 Å². The summed E-state index contributed by atoms with van der Waals surface area (Å²) in [5, 5.41) is 3.44. The molecule has 0 aliphatic carbocycles. The third-order valence-corrected chi connectivity index (χ3v) is 8.44. The van der Waals surface area contributed by atoms with Gasteiger partial charge in [0, 0.05) is 39.3 Å². The second-order valence-corrected chi connectivity index (χ2v) is 11.1. The van der Waals surface area contributed by atoms with Crippen LogP contribution in [0.1, 0.15) is 0 Å². The van der Waals surface area contributed by atoms with E-state index >= 15 is 0 Å². The van der Waals surface area contributed by atoms with E-state index in [9.17, 15) is 0 Å². The molecule has 0 unspecified atom stereocenters. The van der Waals surface area contributed by atoms with E-state index in [4.69, 9.17) is 9.40 Å². The van der Waals surface area contributed by atoms with Gasteiger partial charge in [0.15, 0.2) is 5.58 Å². The van der Waals surface area contributed by atoms with Gasteiger partial charge in [0.2, 0.25) is 5.89 Å². The normalized spacial score (nSPS) is 11.6. The van der Waals surface area contributed by atoms with Gasteiger partial charge < -0.3 is 13.9 Å². The highest BCUT2D eigenvalue weighted by Gasteiger charge is 2.22. The molecule has 0 saturated carbocycles. The second kappa shape index (κ2) is 10.2.